The maximum Gasteiger partial charge on any atom is 0.251 e. The van der Waals surface area contributed by atoms with Crippen molar-refractivity contribution in [3.8, 4) is 0 Å². The van der Waals surface area contributed by atoms with Crippen molar-refractivity contribution < 1.29 is 4.79 Å². The van der Waals surface area contributed by atoms with Crippen LogP contribution in [0.1, 0.15) is 42.5 Å². The maximum atomic E-state index is 12.6. The summed E-state index contributed by atoms with van der Waals surface area (Å²) in [4.78, 5) is 24.3. The van der Waals surface area contributed by atoms with Gasteiger partial charge in [0.15, 0.2) is 5.65 Å². The molecule has 0 aliphatic carbocycles. The lowest BCUT2D eigenvalue weighted by Gasteiger charge is -2.20. The minimum Gasteiger partial charge on any atom is -0.345 e. The van der Waals surface area contributed by atoms with E-state index in [0.29, 0.717) is 18.0 Å². The predicted octanol–water partition coefficient (Wildman–Crippen LogP) is 3.48. The molecule has 0 spiro atoms. The highest BCUT2D eigenvalue weighted by Crippen LogP contribution is 2.23. The van der Waals surface area contributed by atoms with Crippen LogP contribution in [-0.2, 0) is 13.0 Å². The Kier molecular flexibility index (Phi) is 4.34. The molecule has 124 valence electrons. The van der Waals surface area contributed by atoms with Gasteiger partial charge in [0.1, 0.15) is 5.82 Å². The van der Waals surface area contributed by atoms with Crippen LogP contribution in [0.5, 0.6) is 0 Å². The van der Waals surface area contributed by atoms with E-state index in [9.17, 15) is 4.79 Å². The van der Waals surface area contributed by atoms with Crippen molar-refractivity contribution in [2.45, 2.75) is 33.7 Å². The monoisotopic (exact) mass is 322 g/mol. The van der Waals surface area contributed by atoms with Gasteiger partial charge in [-0.05, 0) is 35.6 Å². The number of carbonyl (C=O) groups excluding carboxylic acids is 1. The second-order valence-electron chi connectivity index (χ2n) is 7.14. The Hall–Kier alpha value is -2.69. The number of aromatic amines is 1. The molecule has 1 aromatic carbocycles. The zero-order valence-electron chi connectivity index (χ0n) is 14.3. The third-order valence-corrected chi connectivity index (χ3v) is 3.71. The van der Waals surface area contributed by atoms with Crippen LogP contribution in [0.15, 0.2) is 42.6 Å². The number of nitrogens with zero attached hydrogens (tertiary/aromatic N) is 2. The number of benzene rings is 1. The summed E-state index contributed by atoms with van der Waals surface area (Å²) in [7, 11) is 0. The normalized spacial score (nSPS) is 11.6. The molecule has 0 saturated heterocycles. The van der Waals surface area contributed by atoms with E-state index < -0.39 is 0 Å². The summed E-state index contributed by atoms with van der Waals surface area (Å²) in [6.45, 7) is 6.86. The molecule has 2 heterocycles. The van der Waals surface area contributed by atoms with Gasteiger partial charge in [0, 0.05) is 11.8 Å². The number of aromatic nitrogens is 3. The Morgan fingerprint density at radius 1 is 1.17 bits per heavy atom. The van der Waals surface area contributed by atoms with Gasteiger partial charge in [0.25, 0.3) is 5.91 Å². The van der Waals surface area contributed by atoms with Gasteiger partial charge in [-0.1, -0.05) is 39.0 Å². The molecule has 5 nitrogen and oxygen atoms in total. The van der Waals surface area contributed by atoms with Gasteiger partial charge < -0.3 is 10.3 Å². The van der Waals surface area contributed by atoms with Crippen LogP contribution in [0.2, 0.25) is 0 Å². The summed E-state index contributed by atoms with van der Waals surface area (Å²) in [5.74, 6) is 0.619. The van der Waals surface area contributed by atoms with Crippen molar-refractivity contribution >= 4 is 17.1 Å². The Morgan fingerprint density at radius 3 is 2.71 bits per heavy atom. The van der Waals surface area contributed by atoms with Crippen LogP contribution < -0.4 is 5.32 Å². The molecular weight excluding hydrogens is 300 g/mol. The zero-order valence-corrected chi connectivity index (χ0v) is 14.3. The molecular formula is C19H22N4O. The minimum atomic E-state index is -0.0803. The van der Waals surface area contributed by atoms with Crippen LogP contribution in [0, 0.1) is 5.41 Å². The lowest BCUT2D eigenvalue weighted by atomic mass is 9.86. The fourth-order valence-corrected chi connectivity index (χ4v) is 2.71. The van der Waals surface area contributed by atoms with Crippen molar-refractivity contribution in [3.63, 3.8) is 0 Å². The van der Waals surface area contributed by atoms with Gasteiger partial charge in [0.05, 0.1) is 12.1 Å². The van der Waals surface area contributed by atoms with E-state index in [1.165, 1.54) is 0 Å². The highest BCUT2D eigenvalue weighted by atomic mass is 16.1. The van der Waals surface area contributed by atoms with Gasteiger partial charge >= 0.3 is 0 Å². The SMILES string of the molecule is CC(C)(C)Cc1ccccc1C(=O)NCc1nc2ncccc2[nH]1. The van der Waals surface area contributed by atoms with E-state index in [4.69, 9.17) is 0 Å². The van der Waals surface area contributed by atoms with Gasteiger partial charge in [-0.2, -0.15) is 0 Å². The number of fused-ring (bicyclic) bond motifs is 1. The average molecular weight is 322 g/mol. The average Bonchev–Trinajstić information content (AvgIpc) is 2.94. The Morgan fingerprint density at radius 2 is 1.96 bits per heavy atom. The quantitative estimate of drug-likeness (QED) is 0.772. The summed E-state index contributed by atoms with van der Waals surface area (Å²) in [6, 6.07) is 11.5. The van der Waals surface area contributed by atoms with Gasteiger partial charge in [0.2, 0.25) is 0 Å². The molecule has 0 unspecified atom stereocenters. The zero-order chi connectivity index (χ0) is 17.2. The van der Waals surface area contributed by atoms with E-state index in [2.05, 4.69) is 41.0 Å². The lowest BCUT2D eigenvalue weighted by Crippen LogP contribution is -2.25. The van der Waals surface area contributed by atoms with Crippen LogP contribution in [-0.4, -0.2) is 20.9 Å². The Bertz CT molecular complexity index is 828. The third kappa shape index (κ3) is 3.79. The summed E-state index contributed by atoms with van der Waals surface area (Å²) < 4.78 is 0. The molecule has 0 saturated carbocycles. The molecule has 3 aromatic rings. The number of nitrogens with one attached hydrogen (secondary N) is 2. The number of imidazole rings is 1. The van der Waals surface area contributed by atoms with Crippen LogP contribution >= 0.6 is 0 Å². The Labute approximate surface area is 141 Å². The van der Waals surface area contributed by atoms with Crippen molar-refractivity contribution in [1.29, 1.82) is 0 Å². The first kappa shape index (κ1) is 16.2. The molecule has 3 rings (SSSR count). The van der Waals surface area contributed by atoms with Crippen molar-refractivity contribution in [1.82, 2.24) is 20.3 Å². The summed E-state index contributed by atoms with van der Waals surface area (Å²) in [6.07, 6.45) is 2.55. The highest BCUT2D eigenvalue weighted by molar-refractivity contribution is 5.95. The smallest absolute Gasteiger partial charge is 0.251 e. The van der Waals surface area contributed by atoms with Crippen molar-refractivity contribution in [3.05, 3.63) is 59.5 Å². The topological polar surface area (TPSA) is 70.7 Å². The number of pyridine rings is 1. The molecule has 2 aromatic heterocycles. The molecule has 0 atom stereocenters. The molecule has 0 radical (unpaired) electrons. The number of H-pyrrole nitrogens is 1. The Balaban J connectivity index is 1.73. The lowest BCUT2D eigenvalue weighted by molar-refractivity contribution is 0.0948. The van der Waals surface area contributed by atoms with Crippen LogP contribution in [0.4, 0.5) is 0 Å². The second-order valence-corrected chi connectivity index (χ2v) is 7.14. The van der Waals surface area contributed by atoms with Gasteiger partial charge in [-0.15, -0.1) is 0 Å². The number of amides is 1. The standard InChI is InChI=1S/C19H22N4O/c1-19(2,3)11-13-7-4-5-8-14(13)18(24)21-12-16-22-15-9-6-10-20-17(15)23-16/h4-10H,11-12H2,1-3H3,(H,21,24)(H,20,22,23). The molecule has 0 fully saturated rings. The molecule has 1 amide bonds. The summed E-state index contributed by atoms with van der Waals surface area (Å²) in [5, 5.41) is 2.94. The fraction of sp³-hybridized carbons (Fsp3) is 0.316. The first-order valence-corrected chi connectivity index (χ1v) is 8.08. The maximum absolute atomic E-state index is 12.6. The van der Waals surface area contributed by atoms with E-state index >= 15 is 0 Å². The predicted molar refractivity (Wildman–Crippen MR) is 94.7 cm³/mol. The van der Waals surface area contributed by atoms with E-state index in [1.807, 2.05) is 36.4 Å². The van der Waals surface area contributed by atoms with Crippen molar-refractivity contribution in [2.75, 3.05) is 0 Å². The number of carbonyl (C=O) groups is 1. The van der Waals surface area contributed by atoms with Crippen molar-refractivity contribution in [2.24, 2.45) is 5.41 Å². The second kappa shape index (κ2) is 6.43. The van der Waals surface area contributed by atoms with E-state index in [-0.39, 0.29) is 11.3 Å². The van der Waals surface area contributed by atoms with Crippen LogP contribution in [0.3, 0.4) is 0 Å². The van der Waals surface area contributed by atoms with Crippen LogP contribution in [0.25, 0.3) is 11.2 Å². The van der Waals surface area contributed by atoms with E-state index in [0.717, 1.165) is 23.1 Å². The molecule has 2 N–H and O–H groups in total. The molecule has 0 aliphatic rings. The summed E-state index contributed by atoms with van der Waals surface area (Å²) >= 11 is 0. The van der Waals surface area contributed by atoms with Gasteiger partial charge in [-0.3, -0.25) is 4.79 Å². The fourth-order valence-electron chi connectivity index (χ4n) is 2.71. The molecule has 5 heteroatoms. The summed E-state index contributed by atoms with van der Waals surface area (Å²) in [5.41, 5.74) is 3.45. The molecule has 24 heavy (non-hydrogen) atoms. The highest BCUT2D eigenvalue weighted by Gasteiger charge is 2.17. The largest absolute Gasteiger partial charge is 0.345 e. The number of hydrogen-bond donors (Lipinski definition) is 2. The minimum absolute atomic E-state index is 0.0803. The molecule has 0 aliphatic heterocycles. The number of rotatable bonds is 4. The third-order valence-electron chi connectivity index (χ3n) is 3.71. The first-order valence-electron chi connectivity index (χ1n) is 8.08. The molecule has 0 bridgehead atoms. The number of hydrogen-bond acceptors (Lipinski definition) is 3. The first-order chi connectivity index (χ1) is 11.4. The van der Waals surface area contributed by atoms with E-state index in [1.54, 1.807) is 6.20 Å². The van der Waals surface area contributed by atoms with Gasteiger partial charge in [-0.25, -0.2) is 9.97 Å².